The van der Waals surface area contributed by atoms with Crippen LogP contribution in [0.4, 0.5) is 22.0 Å². The Labute approximate surface area is 146 Å². The minimum atomic E-state index is -5.81. The Hall–Kier alpha value is -1.85. The highest BCUT2D eigenvalue weighted by molar-refractivity contribution is 7.99. The number of nitrogens with zero attached hydrogens (tertiary/aromatic N) is 2. The number of halogens is 5. The molecule has 0 aliphatic rings. The zero-order chi connectivity index (χ0) is 19.3. The molecule has 1 amide bonds. The zero-order valence-electron chi connectivity index (χ0n) is 13.2. The molecule has 1 aromatic rings. The van der Waals surface area contributed by atoms with E-state index in [2.05, 4.69) is 15.4 Å². The Morgan fingerprint density at radius 3 is 2.48 bits per heavy atom. The molecule has 5 nitrogen and oxygen atoms in total. The summed E-state index contributed by atoms with van der Waals surface area (Å²) >= 11 is 1.36. The van der Waals surface area contributed by atoms with E-state index in [0.29, 0.717) is 16.1 Å². The van der Waals surface area contributed by atoms with Gasteiger partial charge in [-0.15, -0.1) is 11.8 Å². The molecule has 12 heteroatoms. The molecule has 0 aliphatic carbocycles. The molecular formula is C13H14BF5N4OS. The van der Waals surface area contributed by atoms with Gasteiger partial charge in [0.1, 0.15) is 20.0 Å². The topological polar surface area (TPSA) is 66.4 Å². The normalized spacial score (nSPS) is 12.8. The molecule has 0 saturated heterocycles. The predicted molar refractivity (Wildman–Crippen MR) is 85.4 cm³/mol. The third-order valence-corrected chi connectivity index (χ3v) is 3.65. The molecule has 0 saturated carbocycles. The van der Waals surface area contributed by atoms with Gasteiger partial charge in [0, 0.05) is 18.1 Å². The van der Waals surface area contributed by atoms with Gasteiger partial charge in [0.2, 0.25) is 5.91 Å². The minimum absolute atomic E-state index is 0.0142. The molecule has 2 N–H and O–H groups in total. The molecule has 0 unspecified atom stereocenters. The average Bonchev–Trinajstić information content (AvgIpc) is 2.48. The van der Waals surface area contributed by atoms with Crippen LogP contribution in [-0.4, -0.2) is 49.5 Å². The van der Waals surface area contributed by atoms with Gasteiger partial charge in [0.25, 0.3) is 0 Å². The molecule has 0 aromatic carbocycles. The number of aromatic nitrogens is 1. The standard InChI is InChI=1S/C13H14BF5N4OS/c1-3-25-8-4-7(14)6-21-10(8)11(20-2)23-22-9(24)5-12(15,16)13(17,18)19/h4,6H,3,5H2,1-2H3,(H,20,23)(H,22,24). The van der Waals surface area contributed by atoms with Crippen LogP contribution < -0.4 is 16.3 Å². The Morgan fingerprint density at radius 1 is 1.32 bits per heavy atom. The number of carbonyl (C=O) groups excluding carboxylic acids is 1. The van der Waals surface area contributed by atoms with Crippen LogP contribution in [-0.2, 0) is 4.79 Å². The number of carbonyl (C=O) groups is 1. The van der Waals surface area contributed by atoms with Gasteiger partial charge < -0.3 is 0 Å². The third kappa shape index (κ3) is 5.87. The third-order valence-electron chi connectivity index (χ3n) is 2.74. The van der Waals surface area contributed by atoms with E-state index >= 15 is 0 Å². The van der Waals surface area contributed by atoms with Gasteiger partial charge in [-0.25, -0.2) is 0 Å². The zero-order valence-corrected chi connectivity index (χ0v) is 14.1. The molecule has 0 bridgehead atoms. The van der Waals surface area contributed by atoms with Crippen molar-refractivity contribution in [3.8, 4) is 0 Å². The number of hydrogen-bond acceptors (Lipinski definition) is 4. The van der Waals surface area contributed by atoms with Gasteiger partial charge in [-0.05, 0) is 5.75 Å². The molecule has 2 radical (unpaired) electrons. The fraction of sp³-hybridized carbons (Fsp3) is 0.462. The fourth-order valence-electron chi connectivity index (χ4n) is 1.60. The summed E-state index contributed by atoms with van der Waals surface area (Å²) in [7, 11) is 6.97. The Kier molecular flexibility index (Phi) is 7.21. The highest BCUT2D eigenvalue weighted by Crippen LogP contribution is 2.37. The summed E-state index contributed by atoms with van der Waals surface area (Å²) in [4.78, 5) is 19.8. The van der Waals surface area contributed by atoms with Crippen LogP contribution in [0.5, 0.6) is 0 Å². The number of aliphatic imine (C=N–C) groups is 1. The second-order valence-electron chi connectivity index (χ2n) is 4.67. The highest BCUT2D eigenvalue weighted by Gasteiger charge is 2.58. The summed E-state index contributed by atoms with van der Waals surface area (Å²) in [6.45, 7) is 1.87. The maximum atomic E-state index is 12.8. The van der Waals surface area contributed by atoms with Crippen molar-refractivity contribution in [1.29, 1.82) is 0 Å². The summed E-state index contributed by atoms with van der Waals surface area (Å²) in [6, 6.07) is 1.60. The van der Waals surface area contributed by atoms with Gasteiger partial charge in [0.05, 0.1) is 0 Å². The summed E-state index contributed by atoms with van der Waals surface area (Å²) in [5.41, 5.74) is 4.62. The number of nitrogens with one attached hydrogen (secondary N) is 2. The van der Waals surface area contributed by atoms with E-state index < -0.39 is 24.4 Å². The molecule has 0 atom stereocenters. The largest absolute Gasteiger partial charge is 0.453 e. The van der Waals surface area contributed by atoms with E-state index in [1.165, 1.54) is 25.0 Å². The van der Waals surface area contributed by atoms with Crippen molar-refractivity contribution in [2.24, 2.45) is 4.99 Å². The smallest absolute Gasteiger partial charge is 0.280 e. The summed E-state index contributed by atoms with van der Waals surface area (Å²) < 4.78 is 62.0. The van der Waals surface area contributed by atoms with Crippen molar-refractivity contribution >= 4 is 36.8 Å². The molecule has 1 aromatic heterocycles. The Balaban J connectivity index is 2.83. The van der Waals surface area contributed by atoms with Crippen molar-refractivity contribution in [1.82, 2.24) is 15.8 Å². The Bertz CT molecular complexity index is 654. The number of pyridine rings is 1. The fourth-order valence-corrected chi connectivity index (χ4v) is 2.42. The molecule has 0 fully saturated rings. The lowest BCUT2D eigenvalue weighted by Gasteiger charge is -2.19. The number of thioether (sulfide) groups is 1. The molecule has 136 valence electrons. The van der Waals surface area contributed by atoms with Crippen LogP contribution in [0.15, 0.2) is 22.2 Å². The van der Waals surface area contributed by atoms with E-state index in [0.717, 1.165) is 0 Å². The monoisotopic (exact) mass is 380 g/mol. The number of rotatable bonds is 5. The van der Waals surface area contributed by atoms with Crippen molar-refractivity contribution in [3.05, 3.63) is 18.0 Å². The van der Waals surface area contributed by atoms with Gasteiger partial charge >= 0.3 is 12.1 Å². The quantitative estimate of drug-likeness (QED) is 0.203. The van der Waals surface area contributed by atoms with E-state index in [-0.39, 0.29) is 11.5 Å². The second-order valence-corrected chi connectivity index (χ2v) is 5.98. The summed E-state index contributed by atoms with van der Waals surface area (Å²) in [6.07, 6.45) is -6.54. The molecular weight excluding hydrogens is 366 g/mol. The number of hydrogen-bond donors (Lipinski definition) is 2. The maximum Gasteiger partial charge on any atom is 0.453 e. The lowest BCUT2D eigenvalue weighted by atomic mass is 9.98. The van der Waals surface area contributed by atoms with Crippen LogP contribution in [0.3, 0.4) is 0 Å². The van der Waals surface area contributed by atoms with Gasteiger partial charge in [-0.3, -0.25) is 25.6 Å². The molecule has 1 heterocycles. The number of amides is 1. The first-order valence-electron chi connectivity index (χ1n) is 6.86. The SMILES string of the molecule is [B]c1cnc(C(=NC)NNC(=O)CC(F)(F)C(F)(F)F)c(SCC)c1. The first-order chi connectivity index (χ1) is 11.5. The van der Waals surface area contributed by atoms with Crippen molar-refractivity contribution in [3.63, 3.8) is 0 Å². The van der Waals surface area contributed by atoms with E-state index in [1.807, 2.05) is 6.92 Å². The summed E-state index contributed by atoms with van der Waals surface area (Å²) in [5.74, 6) is -6.03. The van der Waals surface area contributed by atoms with Crippen molar-refractivity contribution in [2.45, 2.75) is 30.3 Å². The van der Waals surface area contributed by atoms with E-state index in [4.69, 9.17) is 7.85 Å². The predicted octanol–water partition coefficient (Wildman–Crippen LogP) is 1.57. The number of hydrazine groups is 1. The molecule has 0 aliphatic heterocycles. The lowest BCUT2D eigenvalue weighted by molar-refractivity contribution is -0.281. The lowest BCUT2D eigenvalue weighted by Crippen LogP contribution is -2.47. The van der Waals surface area contributed by atoms with Gasteiger partial charge in [-0.1, -0.05) is 18.5 Å². The van der Waals surface area contributed by atoms with Gasteiger partial charge in [0.15, 0.2) is 5.84 Å². The van der Waals surface area contributed by atoms with E-state index in [9.17, 15) is 26.7 Å². The first-order valence-corrected chi connectivity index (χ1v) is 7.85. The number of alkyl halides is 5. The molecule has 0 spiro atoms. The Morgan fingerprint density at radius 2 is 1.96 bits per heavy atom. The maximum absolute atomic E-state index is 12.8. The summed E-state index contributed by atoms with van der Waals surface area (Å²) in [5, 5.41) is 0. The highest BCUT2D eigenvalue weighted by atomic mass is 32.2. The van der Waals surface area contributed by atoms with Crippen molar-refractivity contribution < 1.29 is 26.7 Å². The first kappa shape index (κ1) is 21.2. The van der Waals surface area contributed by atoms with Crippen LogP contribution in [0, 0.1) is 0 Å². The average molecular weight is 380 g/mol. The van der Waals surface area contributed by atoms with E-state index in [1.54, 1.807) is 11.5 Å². The van der Waals surface area contributed by atoms with Crippen LogP contribution in [0.2, 0.25) is 0 Å². The van der Waals surface area contributed by atoms with Crippen LogP contribution in [0.1, 0.15) is 19.0 Å². The minimum Gasteiger partial charge on any atom is -0.280 e. The van der Waals surface area contributed by atoms with Gasteiger partial charge in [-0.2, -0.15) is 22.0 Å². The second kappa shape index (κ2) is 8.50. The molecule has 25 heavy (non-hydrogen) atoms. The number of amidine groups is 1. The van der Waals surface area contributed by atoms with Crippen LogP contribution in [0.25, 0.3) is 0 Å². The molecule has 1 rings (SSSR count). The van der Waals surface area contributed by atoms with Crippen LogP contribution >= 0.6 is 11.8 Å². The van der Waals surface area contributed by atoms with Crippen molar-refractivity contribution in [2.75, 3.05) is 12.8 Å².